The van der Waals surface area contributed by atoms with Crippen molar-refractivity contribution in [1.29, 1.82) is 0 Å². The lowest BCUT2D eigenvalue weighted by atomic mass is 10.0. The SMILES string of the molecule is CCOc1ccccc1CCC(=O)N1CCCC[C@H]1CN. The number of hydrogen-bond acceptors (Lipinski definition) is 3. The number of rotatable bonds is 6. The Kier molecular flexibility index (Phi) is 6.05. The molecule has 1 aliphatic heterocycles. The normalized spacial score (nSPS) is 18.6. The molecule has 0 aliphatic carbocycles. The molecule has 1 aliphatic rings. The van der Waals surface area contributed by atoms with Crippen LogP contribution in [0, 0.1) is 0 Å². The number of nitrogens with two attached hydrogens (primary N) is 1. The van der Waals surface area contributed by atoms with E-state index >= 15 is 0 Å². The van der Waals surface area contributed by atoms with Gasteiger partial charge in [0.25, 0.3) is 0 Å². The molecule has 21 heavy (non-hydrogen) atoms. The molecule has 1 aromatic rings. The number of nitrogens with zero attached hydrogens (tertiary/aromatic N) is 1. The standard InChI is InChI=1S/C17H26N2O2/c1-2-21-16-9-4-3-7-14(16)10-11-17(20)19-12-6-5-8-15(19)13-18/h3-4,7,9,15H,2,5-6,8,10-13,18H2,1H3/t15-/m0/s1. The van der Waals surface area contributed by atoms with E-state index in [1.807, 2.05) is 36.1 Å². The monoisotopic (exact) mass is 290 g/mol. The summed E-state index contributed by atoms with van der Waals surface area (Å²) in [6.45, 7) is 4.04. The molecule has 1 aromatic carbocycles. The molecule has 1 atom stereocenters. The minimum absolute atomic E-state index is 0.219. The molecule has 1 heterocycles. The first-order chi connectivity index (χ1) is 10.3. The predicted octanol–water partition coefficient (Wildman–Crippen LogP) is 2.36. The Morgan fingerprint density at radius 2 is 2.19 bits per heavy atom. The maximum atomic E-state index is 12.4. The van der Waals surface area contributed by atoms with E-state index in [1.165, 1.54) is 6.42 Å². The van der Waals surface area contributed by atoms with Crippen LogP contribution in [0.5, 0.6) is 5.75 Å². The molecule has 0 saturated carbocycles. The molecular formula is C17H26N2O2. The molecule has 1 saturated heterocycles. The lowest BCUT2D eigenvalue weighted by Crippen LogP contribution is -2.47. The van der Waals surface area contributed by atoms with Gasteiger partial charge in [-0.1, -0.05) is 18.2 Å². The van der Waals surface area contributed by atoms with Crippen molar-refractivity contribution in [2.45, 2.75) is 45.1 Å². The summed E-state index contributed by atoms with van der Waals surface area (Å²) >= 11 is 0. The Morgan fingerprint density at radius 3 is 2.95 bits per heavy atom. The third-order valence-corrected chi connectivity index (χ3v) is 4.10. The van der Waals surface area contributed by atoms with Gasteiger partial charge in [-0.2, -0.15) is 0 Å². The van der Waals surface area contributed by atoms with Gasteiger partial charge in [0.05, 0.1) is 6.61 Å². The Hall–Kier alpha value is -1.55. The Morgan fingerprint density at radius 1 is 1.38 bits per heavy atom. The highest BCUT2D eigenvalue weighted by atomic mass is 16.5. The third kappa shape index (κ3) is 4.21. The van der Waals surface area contributed by atoms with Crippen LogP contribution in [0.15, 0.2) is 24.3 Å². The zero-order valence-electron chi connectivity index (χ0n) is 12.9. The van der Waals surface area contributed by atoms with Gasteiger partial charge in [0.2, 0.25) is 5.91 Å². The first-order valence-corrected chi connectivity index (χ1v) is 7.96. The van der Waals surface area contributed by atoms with Gasteiger partial charge in [-0.05, 0) is 44.2 Å². The smallest absolute Gasteiger partial charge is 0.223 e. The van der Waals surface area contributed by atoms with Gasteiger partial charge in [-0.25, -0.2) is 0 Å². The largest absolute Gasteiger partial charge is 0.494 e. The van der Waals surface area contributed by atoms with Crippen LogP contribution < -0.4 is 10.5 Å². The number of aryl methyl sites for hydroxylation is 1. The lowest BCUT2D eigenvalue weighted by Gasteiger charge is -2.35. The highest BCUT2D eigenvalue weighted by molar-refractivity contribution is 5.77. The van der Waals surface area contributed by atoms with Crippen molar-refractivity contribution in [3.05, 3.63) is 29.8 Å². The van der Waals surface area contributed by atoms with Gasteiger partial charge in [0.1, 0.15) is 5.75 Å². The van der Waals surface area contributed by atoms with Crippen LogP contribution in [0.1, 0.15) is 38.2 Å². The number of benzene rings is 1. The second kappa shape index (κ2) is 8.03. The summed E-state index contributed by atoms with van der Waals surface area (Å²) in [7, 11) is 0. The van der Waals surface area contributed by atoms with E-state index in [4.69, 9.17) is 10.5 Å². The summed E-state index contributed by atoms with van der Waals surface area (Å²) in [6.07, 6.45) is 4.57. The van der Waals surface area contributed by atoms with Gasteiger partial charge in [-0.15, -0.1) is 0 Å². The van der Waals surface area contributed by atoms with Crippen molar-refractivity contribution >= 4 is 5.91 Å². The van der Waals surface area contributed by atoms with Crippen LogP contribution in [-0.2, 0) is 11.2 Å². The highest BCUT2D eigenvalue weighted by Crippen LogP contribution is 2.22. The summed E-state index contributed by atoms with van der Waals surface area (Å²) in [5.74, 6) is 1.11. The molecule has 0 unspecified atom stereocenters. The molecule has 2 rings (SSSR count). The fourth-order valence-electron chi connectivity index (χ4n) is 2.97. The molecule has 0 bridgehead atoms. The zero-order chi connectivity index (χ0) is 15.1. The summed E-state index contributed by atoms with van der Waals surface area (Å²) in [5, 5.41) is 0. The third-order valence-electron chi connectivity index (χ3n) is 4.10. The second-order valence-electron chi connectivity index (χ2n) is 5.51. The summed E-state index contributed by atoms with van der Waals surface area (Å²) in [6, 6.07) is 8.19. The second-order valence-corrected chi connectivity index (χ2v) is 5.51. The van der Waals surface area contributed by atoms with Crippen molar-refractivity contribution in [2.24, 2.45) is 5.73 Å². The molecule has 1 fully saturated rings. The Bertz CT molecular complexity index is 462. The number of amides is 1. The molecule has 1 amide bonds. The molecule has 2 N–H and O–H groups in total. The number of para-hydroxylation sites is 1. The van der Waals surface area contributed by atoms with E-state index in [9.17, 15) is 4.79 Å². The van der Waals surface area contributed by atoms with Crippen molar-refractivity contribution in [2.75, 3.05) is 19.7 Å². The van der Waals surface area contributed by atoms with Gasteiger partial charge in [-0.3, -0.25) is 4.79 Å². The van der Waals surface area contributed by atoms with Crippen molar-refractivity contribution in [3.8, 4) is 5.75 Å². The topological polar surface area (TPSA) is 55.6 Å². The first-order valence-electron chi connectivity index (χ1n) is 7.96. The maximum absolute atomic E-state index is 12.4. The molecule has 0 radical (unpaired) electrons. The fourth-order valence-corrected chi connectivity index (χ4v) is 2.97. The van der Waals surface area contributed by atoms with Crippen LogP contribution in [0.4, 0.5) is 0 Å². The van der Waals surface area contributed by atoms with Gasteiger partial charge >= 0.3 is 0 Å². The number of hydrogen-bond donors (Lipinski definition) is 1. The molecule has 0 spiro atoms. The minimum atomic E-state index is 0.219. The van der Waals surface area contributed by atoms with Crippen molar-refractivity contribution in [1.82, 2.24) is 4.90 Å². The molecular weight excluding hydrogens is 264 g/mol. The number of carbonyl (C=O) groups excluding carboxylic acids is 1. The lowest BCUT2D eigenvalue weighted by molar-refractivity contribution is -0.134. The van der Waals surface area contributed by atoms with Gasteiger partial charge in [0.15, 0.2) is 0 Å². The number of carbonyl (C=O) groups is 1. The molecule has 4 heteroatoms. The number of ether oxygens (including phenoxy) is 1. The van der Waals surface area contributed by atoms with Crippen LogP contribution in [0.2, 0.25) is 0 Å². The average molecular weight is 290 g/mol. The van der Waals surface area contributed by atoms with Gasteiger partial charge < -0.3 is 15.4 Å². The molecule has 4 nitrogen and oxygen atoms in total. The van der Waals surface area contributed by atoms with Crippen LogP contribution >= 0.6 is 0 Å². The van der Waals surface area contributed by atoms with E-state index in [0.29, 0.717) is 19.6 Å². The van der Waals surface area contributed by atoms with E-state index in [1.54, 1.807) is 0 Å². The summed E-state index contributed by atoms with van der Waals surface area (Å²) < 4.78 is 5.61. The fraction of sp³-hybridized carbons (Fsp3) is 0.588. The van der Waals surface area contributed by atoms with Crippen LogP contribution in [0.3, 0.4) is 0 Å². The first kappa shape index (κ1) is 15.8. The highest BCUT2D eigenvalue weighted by Gasteiger charge is 2.25. The number of piperidine rings is 1. The van der Waals surface area contributed by atoms with Crippen molar-refractivity contribution < 1.29 is 9.53 Å². The summed E-state index contributed by atoms with van der Waals surface area (Å²) in [5.41, 5.74) is 6.89. The van der Waals surface area contributed by atoms with E-state index in [2.05, 4.69) is 0 Å². The number of likely N-dealkylation sites (tertiary alicyclic amines) is 1. The van der Waals surface area contributed by atoms with Crippen molar-refractivity contribution in [3.63, 3.8) is 0 Å². The van der Waals surface area contributed by atoms with E-state index in [0.717, 1.165) is 37.1 Å². The average Bonchev–Trinajstić information content (AvgIpc) is 2.54. The minimum Gasteiger partial charge on any atom is -0.494 e. The molecule has 0 aromatic heterocycles. The Labute approximate surface area is 127 Å². The summed E-state index contributed by atoms with van der Waals surface area (Å²) in [4.78, 5) is 14.4. The van der Waals surface area contributed by atoms with Crippen LogP contribution in [-0.4, -0.2) is 36.5 Å². The Balaban J connectivity index is 1.94. The predicted molar refractivity (Wildman–Crippen MR) is 84.3 cm³/mol. The van der Waals surface area contributed by atoms with Gasteiger partial charge in [0, 0.05) is 25.6 Å². The molecule has 116 valence electrons. The maximum Gasteiger partial charge on any atom is 0.223 e. The quantitative estimate of drug-likeness (QED) is 0.875. The van der Waals surface area contributed by atoms with Crippen LogP contribution in [0.25, 0.3) is 0 Å². The zero-order valence-corrected chi connectivity index (χ0v) is 12.9. The van der Waals surface area contributed by atoms with E-state index in [-0.39, 0.29) is 11.9 Å². The van der Waals surface area contributed by atoms with E-state index < -0.39 is 0 Å².